The zero-order chi connectivity index (χ0) is 14.1. The molecule has 0 aliphatic carbocycles. The van der Waals surface area contributed by atoms with Crippen molar-refractivity contribution in [2.45, 2.75) is 26.2 Å². The van der Waals surface area contributed by atoms with Gasteiger partial charge in [-0.25, -0.2) is 4.98 Å². The molecule has 0 saturated carbocycles. The quantitative estimate of drug-likeness (QED) is 0.908. The first-order chi connectivity index (χ1) is 9.70. The molecule has 0 unspecified atom stereocenters. The van der Waals surface area contributed by atoms with E-state index in [1.54, 1.807) is 0 Å². The van der Waals surface area contributed by atoms with Gasteiger partial charge in [-0.1, -0.05) is 25.1 Å². The van der Waals surface area contributed by atoms with Crippen molar-refractivity contribution in [1.82, 2.24) is 4.98 Å². The summed E-state index contributed by atoms with van der Waals surface area (Å²) in [5, 5.41) is 0. The van der Waals surface area contributed by atoms with Gasteiger partial charge in [0.15, 0.2) is 0 Å². The van der Waals surface area contributed by atoms with Gasteiger partial charge in [-0.3, -0.25) is 0 Å². The maximum atomic E-state index is 5.92. The van der Waals surface area contributed by atoms with Crippen LogP contribution in [-0.4, -0.2) is 18.6 Å². The number of nitrogens with two attached hydrogens (primary N) is 1. The van der Waals surface area contributed by atoms with Crippen molar-refractivity contribution in [1.29, 1.82) is 0 Å². The third kappa shape index (κ3) is 2.13. The molecule has 2 aromatic rings. The van der Waals surface area contributed by atoms with Crippen LogP contribution in [0.15, 0.2) is 30.5 Å². The molecule has 2 heterocycles. The maximum Gasteiger partial charge on any atom is 0.126 e. The molecule has 0 fully saturated rings. The number of nitrogen functional groups attached to an aromatic ring is 1. The highest BCUT2D eigenvalue weighted by Gasteiger charge is 2.18. The molecular formula is C17H21N3. The van der Waals surface area contributed by atoms with Crippen LogP contribution in [-0.2, 0) is 12.8 Å². The highest BCUT2D eigenvalue weighted by molar-refractivity contribution is 5.82. The molecule has 0 saturated heterocycles. The van der Waals surface area contributed by atoms with Crippen LogP contribution in [0.4, 0.5) is 11.5 Å². The molecule has 0 radical (unpaired) electrons. The van der Waals surface area contributed by atoms with E-state index in [2.05, 4.69) is 48.1 Å². The number of para-hydroxylation sites is 1. The number of hydrogen-bond acceptors (Lipinski definition) is 3. The summed E-state index contributed by atoms with van der Waals surface area (Å²) in [5.74, 6) is 0.648. The van der Waals surface area contributed by atoms with Crippen LogP contribution in [0.1, 0.15) is 24.5 Å². The number of hydrogen-bond donors (Lipinski definition) is 1. The summed E-state index contributed by atoms with van der Waals surface area (Å²) in [6.45, 7) is 3.23. The lowest BCUT2D eigenvalue weighted by Crippen LogP contribution is -2.25. The average molecular weight is 267 g/mol. The number of rotatable bonds is 2. The number of pyridine rings is 1. The number of benzene rings is 1. The van der Waals surface area contributed by atoms with E-state index in [0.717, 1.165) is 24.9 Å². The van der Waals surface area contributed by atoms with E-state index in [9.17, 15) is 0 Å². The molecule has 3 heteroatoms. The van der Waals surface area contributed by atoms with Crippen molar-refractivity contribution < 1.29 is 0 Å². The molecule has 2 N–H and O–H groups in total. The number of fused-ring (bicyclic) bond motifs is 1. The van der Waals surface area contributed by atoms with Gasteiger partial charge in [0.2, 0.25) is 0 Å². The largest absolute Gasteiger partial charge is 0.383 e. The fourth-order valence-electron chi connectivity index (χ4n) is 3.05. The Bertz CT molecular complexity index is 634. The van der Waals surface area contributed by atoms with Gasteiger partial charge in [0.05, 0.1) is 0 Å². The highest BCUT2D eigenvalue weighted by atomic mass is 15.1. The van der Waals surface area contributed by atoms with Crippen molar-refractivity contribution in [2.24, 2.45) is 0 Å². The van der Waals surface area contributed by atoms with Crippen molar-refractivity contribution in [3.8, 4) is 11.1 Å². The normalized spacial score (nSPS) is 14.2. The van der Waals surface area contributed by atoms with Crippen LogP contribution in [0, 0.1) is 0 Å². The van der Waals surface area contributed by atoms with Crippen LogP contribution in [0.2, 0.25) is 0 Å². The SMILES string of the molecule is CCc1cc(-c2cccc3c2N(C)CCC3)cnc1N. The molecule has 0 spiro atoms. The van der Waals surface area contributed by atoms with E-state index in [1.807, 2.05) is 6.20 Å². The Morgan fingerprint density at radius 2 is 2.20 bits per heavy atom. The number of anilines is 2. The second-order valence-electron chi connectivity index (χ2n) is 5.46. The minimum Gasteiger partial charge on any atom is -0.383 e. The van der Waals surface area contributed by atoms with Gasteiger partial charge in [0.25, 0.3) is 0 Å². The Hall–Kier alpha value is -2.03. The third-order valence-corrected chi connectivity index (χ3v) is 4.13. The van der Waals surface area contributed by atoms with Crippen LogP contribution in [0.3, 0.4) is 0 Å². The van der Waals surface area contributed by atoms with Crippen molar-refractivity contribution in [3.63, 3.8) is 0 Å². The lowest BCUT2D eigenvalue weighted by atomic mass is 9.94. The second-order valence-corrected chi connectivity index (χ2v) is 5.46. The predicted molar refractivity (Wildman–Crippen MR) is 85.1 cm³/mol. The fraction of sp³-hybridized carbons (Fsp3) is 0.353. The van der Waals surface area contributed by atoms with Gasteiger partial charge in [0.1, 0.15) is 5.82 Å². The molecule has 1 aliphatic heterocycles. The Labute approximate surface area is 120 Å². The summed E-state index contributed by atoms with van der Waals surface area (Å²) in [6.07, 6.45) is 5.20. The molecule has 0 amide bonds. The molecule has 3 nitrogen and oxygen atoms in total. The second kappa shape index (κ2) is 5.16. The van der Waals surface area contributed by atoms with E-state index in [1.165, 1.54) is 28.8 Å². The molecule has 3 rings (SSSR count). The minimum absolute atomic E-state index is 0.648. The van der Waals surface area contributed by atoms with Gasteiger partial charge in [0, 0.05) is 36.6 Å². The Kier molecular flexibility index (Phi) is 3.35. The Morgan fingerprint density at radius 1 is 1.35 bits per heavy atom. The molecule has 1 aliphatic rings. The number of aryl methyl sites for hydroxylation is 2. The molecule has 104 valence electrons. The molecule has 0 atom stereocenters. The van der Waals surface area contributed by atoms with Crippen LogP contribution < -0.4 is 10.6 Å². The molecular weight excluding hydrogens is 246 g/mol. The first-order valence-electron chi connectivity index (χ1n) is 7.28. The summed E-state index contributed by atoms with van der Waals surface area (Å²) >= 11 is 0. The van der Waals surface area contributed by atoms with Gasteiger partial charge in [-0.15, -0.1) is 0 Å². The van der Waals surface area contributed by atoms with Gasteiger partial charge in [-0.2, -0.15) is 0 Å². The lowest BCUT2D eigenvalue weighted by molar-refractivity contribution is 0.745. The standard InChI is InChI=1S/C17H21N3/c1-3-12-10-14(11-19-17(12)18)15-8-4-6-13-7-5-9-20(2)16(13)15/h4,6,8,10-11H,3,5,7,9H2,1-2H3,(H2,18,19). The average Bonchev–Trinajstić information content (AvgIpc) is 2.47. The lowest BCUT2D eigenvalue weighted by Gasteiger charge is -2.30. The summed E-state index contributed by atoms with van der Waals surface area (Å²) in [6, 6.07) is 8.75. The first-order valence-corrected chi connectivity index (χ1v) is 7.28. The van der Waals surface area contributed by atoms with Crippen LogP contribution >= 0.6 is 0 Å². The number of aromatic nitrogens is 1. The topological polar surface area (TPSA) is 42.2 Å². The maximum absolute atomic E-state index is 5.92. The first kappa shape index (κ1) is 13.0. The van der Waals surface area contributed by atoms with Crippen LogP contribution in [0.5, 0.6) is 0 Å². The summed E-state index contributed by atoms with van der Waals surface area (Å²) in [4.78, 5) is 6.72. The van der Waals surface area contributed by atoms with Gasteiger partial charge < -0.3 is 10.6 Å². The monoisotopic (exact) mass is 267 g/mol. The summed E-state index contributed by atoms with van der Waals surface area (Å²) in [5.41, 5.74) is 12.3. The van der Waals surface area contributed by atoms with Gasteiger partial charge in [-0.05, 0) is 36.5 Å². The minimum atomic E-state index is 0.648. The van der Waals surface area contributed by atoms with E-state index in [0.29, 0.717) is 5.82 Å². The smallest absolute Gasteiger partial charge is 0.126 e. The zero-order valence-corrected chi connectivity index (χ0v) is 12.2. The predicted octanol–water partition coefficient (Wildman–Crippen LogP) is 3.28. The Morgan fingerprint density at radius 3 is 3.00 bits per heavy atom. The van der Waals surface area contributed by atoms with Crippen LogP contribution in [0.25, 0.3) is 11.1 Å². The molecule has 1 aromatic heterocycles. The fourth-order valence-corrected chi connectivity index (χ4v) is 3.05. The molecule has 20 heavy (non-hydrogen) atoms. The zero-order valence-electron chi connectivity index (χ0n) is 12.2. The summed E-state index contributed by atoms with van der Waals surface area (Å²) < 4.78 is 0. The number of nitrogens with zero attached hydrogens (tertiary/aromatic N) is 2. The van der Waals surface area contributed by atoms with E-state index in [4.69, 9.17) is 5.73 Å². The van der Waals surface area contributed by atoms with E-state index >= 15 is 0 Å². The molecule has 1 aromatic carbocycles. The summed E-state index contributed by atoms with van der Waals surface area (Å²) in [7, 11) is 2.17. The molecule has 0 bridgehead atoms. The third-order valence-electron chi connectivity index (χ3n) is 4.13. The highest BCUT2D eigenvalue weighted by Crippen LogP contribution is 2.37. The van der Waals surface area contributed by atoms with Gasteiger partial charge >= 0.3 is 0 Å². The van der Waals surface area contributed by atoms with E-state index in [-0.39, 0.29) is 0 Å². The Balaban J connectivity index is 2.15. The van der Waals surface area contributed by atoms with Crippen molar-refractivity contribution >= 4 is 11.5 Å². The van der Waals surface area contributed by atoms with Crippen molar-refractivity contribution in [3.05, 3.63) is 41.6 Å². The van der Waals surface area contributed by atoms with E-state index < -0.39 is 0 Å². The van der Waals surface area contributed by atoms with Crippen molar-refractivity contribution in [2.75, 3.05) is 24.2 Å².